The van der Waals surface area contributed by atoms with E-state index < -0.39 is 78.9 Å². The summed E-state index contributed by atoms with van der Waals surface area (Å²) in [6, 6.07) is 4.15. The minimum atomic E-state index is -4.59. The van der Waals surface area contributed by atoms with Crippen molar-refractivity contribution in [3.8, 4) is 0 Å². The van der Waals surface area contributed by atoms with Gasteiger partial charge in [0.25, 0.3) is 18.3 Å². The molecule has 1 aromatic carbocycles. The molecule has 9 rings (SSSR count). The average molecular weight is 933 g/mol. The van der Waals surface area contributed by atoms with E-state index in [1.165, 1.54) is 54.9 Å². The van der Waals surface area contributed by atoms with E-state index in [4.69, 9.17) is 4.74 Å². The van der Waals surface area contributed by atoms with Crippen LogP contribution in [0.15, 0.2) is 47.7 Å². The first-order chi connectivity index (χ1) is 31.4. The lowest BCUT2D eigenvalue weighted by Crippen LogP contribution is -2.58. The van der Waals surface area contributed by atoms with Gasteiger partial charge in [-0.3, -0.25) is 38.4 Å². The zero-order valence-corrected chi connectivity index (χ0v) is 35.9. The number of fused-ring (bicyclic) bond motifs is 2. The van der Waals surface area contributed by atoms with Crippen molar-refractivity contribution in [2.24, 2.45) is 13.0 Å². The smallest absolute Gasteiger partial charge is 0.365 e. The van der Waals surface area contributed by atoms with Gasteiger partial charge in [-0.15, -0.1) is 0 Å². The summed E-state index contributed by atoms with van der Waals surface area (Å²) in [5.41, 5.74) is -0.211. The van der Waals surface area contributed by atoms with Gasteiger partial charge in [0.15, 0.2) is 17.4 Å². The molecule has 7 heterocycles. The zero-order chi connectivity index (χ0) is 46.8. The van der Waals surface area contributed by atoms with Crippen LogP contribution in [0.4, 0.5) is 47.9 Å². The second kappa shape index (κ2) is 17.3. The summed E-state index contributed by atoms with van der Waals surface area (Å²) in [5, 5.41) is 13.0. The van der Waals surface area contributed by atoms with Gasteiger partial charge in [-0.05, 0) is 69.7 Å². The van der Waals surface area contributed by atoms with Crippen LogP contribution in [0.5, 0.6) is 0 Å². The van der Waals surface area contributed by atoms with Crippen molar-refractivity contribution in [2.45, 2.75) is 87.7 Å². The van der Waals surface area contributed by atoms with E-state index in [0.29, 0.717) is 48.9 Å². The number of ether oxygens (including phenoxy) is 1. The summed E-state index contributed by atoms with van der Waals surface area (Å²) in [4.78, 5) is 60.5. The Balaban J connectivity index is 0.824. The number of aromatic nitrogens is 7. The van der Waals surface area contributed by atoms with Crippen LogP contribution in [-0.2, 0) is 21.4 Å². The number of hydrogen-bond donors (Lipinski definition) is 2. The Bertz CT molecular complexity index is 2720. The number of imidazole rings is 1. The Kier molecular flexibility index (Phi) is 11.8. The number of nitrogens with one attached hydrogen (secondary N) is 2. The molecule has 1 aliphatic carbocycles. The van der Waals surface area contributed by atoms with Gasteiger partial charge in [-0.2, -0.15) is 23.4 Å². The molecule has 4 aliphatic rings. The molecule has 3 atom stereocenters. The molecule has 0 radical (unpaired) electrons. The van der Waals surface area contributed by atoms with E-state index in [2.05, 4.69) is 25.8 Å². The largest absolute Gasteiger partial charge is 0.416 e. The van der Waals surface area contributed by atoms with Gasteiger partial charge < -0.3 is 19.9 Å². The summed E-state index contributed by atoms with van der Waals surface area (Å²) in [5.74, 6) is -4.80. The molecule has 4 aromatic heterocycles. The third kappa shape index (κ3) is 8.47. The first-order valence-corrected chi connectivity index (χ1v) is 21.7. The summed E-state index contributed by atoms with van der Waals surface area (Å²) in [6.45, 7) is -0.541. The molecule has 66 heavy (non-hydrogen) atoms. The van der Waals surface area contributed by atoms with E-state index in [1.54, 1.807) is 35.0 Å². The number of para-hydroxylation sites is 1. The molecule has 0 bridgehead atoms. The topological polar surface area (TPSA) is 169 Å². The molecule has 3 amide bonds. The summed E-state index contributed by atoms with van der Waals surface area (Å²) >= 11 is 0. The highest BCUT2D eigenvalue weighted by Crippen LogP contribution is 2.40. The number of aryl methyl sites for hydroxylation is 1. The predicted octanol–water partition coefficient (Wildman–Crippen LogP) is 5.09. The lowest BCUT2D eigenvalue weighted by atomic mass is 9.85. The second-order valence-electron chi connectivity index (χ2n) is 17.5. The number of imide groups is 1. The fraction of sp³-hybridized carbons (Fsp3) is 0.548. The first-order valence-electron chi connectivity index (χ1n) is 21.7. The van der Waals surface area contributed by atoms with Crippen LogP contribution < -0.4 is 26.1 Å². The fourth-order valence-electron chi connectivity index (χ4n) is 10.00. The molecular weight excluding hydrogens is 886 g/mol. The molecule has 2 unspecified atom stereocenters. The highest BCUT2D eigenvalue weighted by Gasteiger charge is 2.48. The Morgan fingerprint density at radius 1 is 1.05 bits per heavy atom. The molecular formula is C42H47F7N12O5. The van der Waals surface area contributed by atoms with E-state index >= 15 is 8.78 Å². The highest BCUT2D eigenvalue weighted by atomic mass is 19.4. The number of halogens is 7. The lowest BCUT2D eigenvalue weighted by Gasteiger charge is -2.44. The van der Waals surface area contributed by atoms with Crippen LogP contribution >= 0.6 is 0 Å². The van der Waals surface area contributed by atoms with E-state index in [1.807, 2.05) is 0 Å². The number of carbonyl (C=O) groups is 3. The van der Waals surface area contributed by atoms with Crippen molar-refractivity contribution in [3.05, 3.63) is 64.6 Å². The minimum Gasteiger partial charge on any atom is -0.365 e. The van der Waals surface area contributed by atoms with Gasteiger partial charge in [0.05, 0.1) is 60.4 Å². The first kappa shape index (κ1) is 45.1. The van der Waals surface area contributed by atoms with Crippen LogP contribution in [0, 0.1) is 5.92 Å². The molecule has 0 spiro atoms. The number of hydrogen-bond acceptors (Lipinski definition) is 11. The van der Waals surface area contributed by atoms with E-state index in [9.17, 15) is 41.1 Å². The third-order valence-electron chi connectivity index (χ3n) is 13.3. The minimum absolute atomic E-state index is 0.00242. The molecule has 354 valence electrons. The predicted molar refractivity (Wildman–Crippen MR) is 224 cm³/mol. The number of piperidine rings is 2. The van der Waals surface area contributed by atoms with Crippen molar-refractivity contribution in [1.82, 2.24) is 43.7 Å². The number of nitrogens with zero attached hydrogens (tertiary/aromatic N) is 10. The Morgan fingerprint density at radius 3 is 2.53 bits per heavy atom. The van der Waals surface area contributed by atoms with Gasteiger partial charge >= 0.3 is 11.9 Å². The molecule has 17 nitrogen and oxygen atoms in total. The lowest BCUT2D eigenvalue weighted by molar-refractivity contribution is -0.221. The van der Waals surface area contributed by atoms with Crippen LogP contribution in [0.2, 0.25) is 0 Å². The maximum atomic E-state index is 16.2. The maximum absolute atomic E-state index is 16.2. The van der Waals surface area contributed by atoms with Crippen LogP contribution in [0.25, 0.3) is 16.7 Å². The Hall–Kier alpha value is -6.04. The van der Waals surface area contributed by atoms with Crippen molar-refractivity contribution in [1.29, 1.82) is 0 Å². The monoisotopic (exact) mass is 932 g/mol. The molecule has 2 N–H and O–H groups in total. The Labute approximate surface area is 371 Å². The van der Waals surface area contributed by atoms with E-state index in [0.717, 1.165) is 0 Å². The molecule has 5 aromatic rings. The van der Waals surface area contributed by atoms with Crippen LogP contribution in [-0.4, -0.2) is 127 Å². The second-order valence-corrected chi connectivity index (χ2v) is 17.5. The van der Waals surface area contributed by atoms with Crippen molar-refractivity contribution < 1.29 is 49.9 Å². The molecule has 3 saturated heterocycles. The normalized spacial score (nSPS) is 24.2. The number of benzene rings is 1. The summed E-state index contributed by atoms with van der Waals surface area (Å²) < 4.78 is 111. The summed E-state index contributed by atoms with van der Waals surface area (Å²) in [7, 11) is 3.20. The molecule has 1 saturated carbocycles. The summed E-state index contributed by atoms with van der Waals surface area (Å²) in [6.07, 6.45) is -3.13. The number of alkyl halides is 7. The highest BCUT2D eigenvalue weighted by molar-refractivity contribution is 6.08. The molecule has 24 heteroatoms. The van der Waals surface area contributed by atoms with Crippen molar-refractivity contribution in [2.75, 3.05) is 61.5 Å². The number of rotatable bonds is 10. The zero-order valence-electron chi connectivity index (χ0n) is 35.9. The SMILES string of the molecule is CN(CC1CCC(n2cc(NC(=O)c3cnn4ccc(N5CCO[C@@H](C(F)(F)F)C5)nc34)c(C(F)F)n2)CC1)C1CCN(c2cccc3c2n(C)c(=O)n3C2CCC(=O)NC2=O)CC1(F)F. The van der Waals surface area contributed by atoms with Crippen LogP contribution in [0.1, 0.15) is 79.5 Å². The fourth-order valence-corrected chi connectivity index (χ4v) is 10.00. The average Bonchev–Trinajstić information content (AvgIpc) is 3.97. The quantitative estimate of drug-likeness (QED) is 0.141. The van der Waals surface area contributed by atoms with E-state index in [-0.39, 0.29) is 73.6 Å². The van der Waals surface area contributed by atoms with Gasteiger partial charge in [-0.25, -0.2) is 31.9 Å². The van der Waals surface area contributed by atoms with Crippen LogP contribution in [0.3, 0.4) is 0 Å². The van der Waals surface area contributed by atoms with Gasteiger partial charge in [0.2, 0.25) is 11.8 Å². The Morgan fingerprint density at radius 2 is 1.82 bits per heavy atom. The van der Waals surface area contributed by atoms with Gasteiger partial charge in [-0.1, -0.05) is 6.07 Å². The van der Waals surface area contributed by atoms with Crippen molar-refractivity contribution >= 4 is 51.6 Å². The standard InChI is InChI=1S/C42H47F7N12O5/c1-55(30-12-14-58(22-41(30,45)46)27-4-3-5-28-35(27)56(2)40(65)61(28)29-10-11-33(62)53-39(29)64)19-23-6-8-24(9-7-23)60-20-26(34(54-60)36(43)44)51-38(63)25-18-50-59-15-13-32(52-37(25)59)57-16-17-66-31(21-57)42(47,48)49/h3-5,13,15,18,20,23-24,29-31,36H,6-12,14,16-17,19,21-22H2,1-2H3,(H,51,63)(H,53,62,64)/t23?,24?,29?,30?,31-/m1/s1. The number of carbonyl (C=O) groups excluding carboxylic acids is 3. The number of amides is 3. The maximum Gasteiger partial charge on any atom is 0.416 e. The number of anilines is 3. The third-order valence-corrected chi connectivity index (χ3v) is 13.3. The van der Waals surface area contributed by atoms with Gasteiger partial charge in [0, 0.05) is 45.5 Å². The number of morpholine rings is 1. The molecule has 3 aliphatic heterocycles. The van der Waals surface area contributed by atoms with Gasteiger partial charge in [0.1, 0.15) is 17.4 Å². The van der Waals surface area contributed by atoms with Crippen molar-refractivity contribution in [3.63, 3.8) is 0 Å². The molecule has 4 fully saturated rings.